The lowest BCUT2D eigenvalue weighted by molar-refractivity contribution is -0.116. The summed E-state index contributed by atoms with van der Waals surface area (Å²) in [6, 6.07) is 12.7. The number of aryl methyl sites for hydroxylation is 1. The zero-order chi connectivity index (χ0) is 19.4. The van der Waals surface area contributed by atoms with Crippen molar-refractivity contribution in [1.82, 2.24) is 25.1 Å². The summed E-state index contributed by atoms with van der Waals surface area (Å²) in [5.41, 5.74) is 3.80. The summed E-state index contributed by atoms with van der Waals surface area (Å²) in [6.07, 6.45) is 1.42. The van der Waals surface area contributed by atoms with Crippen LogP contribution in [-0.2, 0) is 4.79 Å². The summed E-state index contributed by atoms with van der Waals surface area (Å²) in [7, 11) is 1.58. The van der Waals surface area contributed by atoms with Gasteiger partial charge in [-0.3, -0.25) is 9.59 Å². The molecule has 3 aromatic rings. The first-order valence-corrected chi connectivity index (χ1v) is 8.41. The molecule has 0 radical (unpaired) electrons. The number of likely N-dealkylation sites (N-methyl/N-ethyl adjacent to an activating group) is 1. The van der Waals surface area contributed by atoms with Gasteiger partial charge in [-0.2, -0.15) is 4.68 Å². The van der Waals surface area contributed by atoms with E-state index in [9.17, 15) is 9.59 Å². The first-order valence-electron chi connectivity index (χ1n) is 8.41. The number of hydrogen-bond acceptors (Lipinski definition) is 5. The molecule has 27 heavy (non-hydrogen) atoms. The molecule has 0 fully saturated rings. The van der Waals surface area contributed by atoms with E-state index in [0.29, 0.717) is 11.3 Å². The SMILES string of the molecule is Cc1cccc(NC(=O)CN(C)C(=O)c2ccccc2-n2cnnn2)c1C. The Labute approximate surface area is 156 Å². The number of nitrogens with one attached hydrogen (secondary N) is 1. The summed E-state index contributed by atoms with van der Waals surface area (Å²) >= 11 is 0. The fourth-order valence-electron chi connectivity index (χ4n) is 2.70. The topological polar surface area (TPSA) is 93.0 Å². The second-order valence-corrected chi connectivity index (χ2v) is 6.23. The number of carbonyl (C=O) groups is 2. The van der Waals surface area contributed by atoms with E-state index in [1.54, 1.807) is 31.3 Å². The second-order valence-electron chi connectivity index (χ2n) is 6.23. The first-order chi connectivity index (χ1) is 13.0. The summed E-state index contributed by atoms with van der Waals surface area (Å²) in [6.45, 7) is 3.86. The fraction of sp³-hybridized carbons (Fsp3) is 0.211. The standard InChI is InChI=1S/C19H20N6O2/c1-13-7-6-9-16(14(13)2)21-18(26)11-24(3)19(27)15-8-4-5-10-17(15)25-12-20-22-23-25/h4-10,12H,11H2,1-3H3,(H,21,26). The van der Waals surface area contributed by atoms with E-state index in [4.69, 9.17) is 0 Å². The Morgan fingerprint density at radius 2 is 1.89 bits per heavy atom. The van der Waals surface area contributed by atoms with Gasteiger partial charge in [0.1, 0.15) is 6.33 Å². The van der Waals surface area contributed by atoms with Crippen molar-refractivity contribution in [1.29, 1.82) is 0 Å². The van der Waals surface area contributed by atoms with Crippen LogP contribution in [0.2, 0.25) is 0 Å². The maximum Gasteiger partial charge on any atom is 0.256 e. The average molecular weight is 364 g/mol. The number of tetrazole rings is 1. The molecule has 0 unspecified atom stereocenters. The molecule has 138 valence electrons. The number of nitrogens with zero attached hydrogens (tertiary/aromatic N) is 5. The van der Waals surface area contributed by atoms with Crippen LogP contribution >= 0.6 is 0 Å². The van der Waals surface area contributed by atoms with E-state index < -0.39 is 0 Å². The number of rotatable bonds is 5. The summed E-state index contributed by atoms with van der Waals surface area (Å²) in [4.78, 5) is 26.6. The van der Waals surface area contributed by atoms with Crippen LogP contribution in [0.3, 0.4) is 0 Å². The first kappa shape index (κ1) is 18.2. The predicted octanol–water partition coefficient (Wildman–Crippen LogP) is 1.99. The van der Waals surface area contributed by atoms with Gasteiger partial charge in [0, 0.05) is 12.7 Å². The number of aromatic nitrogens is 4. The Hall–Kier alpha value is -3.55. The normalized spacial score (nSPS) is 10.5. The van der Waals surface area contributed by atoms with Crippen molar-refractivity contribution in [3.63, 3.8) is 0 Å². The maximum atomic E-state index is 12.8. The van der Waals surface area contributed by atoms with Crippen molar-refractivity contribution in [2.45, 2.75) is 13.8 Å². The molecular weight excluding hydrogens is 344 g/mol. The van der Waals surface area contributed by atoms with E-state index >= 15 is 0 Å². The van der Waals surface area contributed by atoms with Crippen molar-refractivity contribution >= 4 is 17.5 Å². The van der Waals surface area contributed by atoms with Crippen LogP contribution in [-0.4, -0.2) is 50.5 Å². The highest BCUT2D eigenvalue weighted by molar-refractivity contribution is 6.01. The minimum Gasteiger partial charge on any atom is -0.332 e. The van der Waals surface area contributed by atoms with Crippen molar-refractivity contribution in [2.24, 2.45) is 0 Å². The van der Waals surface area contributed by atoms with Gasteiger partial charge in [-0.25, -0.2) is 0 Å². The van der Waals surface area contributed by atoms with E-state index in [0.717, 1.165) is 16.8 Å². The minimum absolute atomic E-state index is 0.0733. The lowest BCUT2D eigenvalue weighted by Gasteiger charge is -2.19. The van der Waals surface area contributed by atoms with Crippen LogP contribution in [0.25, 0.3) is 5.69 Å². The molecule has 0 spiro atoms. The highest BCUT2D eigenvalue weighted by Crippen LogP contribution is 2.18. The van der Waals surface area contributed by atoms with Crippen LogP contribution < -0.4 is 5.32 Å². The van der Waals surface area contributed by atoms with Gasteiger partial charge in [0.15, 0.2) is 0 Å². The Balaban J connectivity index is 1.73. The quantitative estimate of drug-likeness (QED) is 0.747. The molecule has 2 aromatic carbocycles. The highest BCUT2D eigenvalue weighted by atomic mass is 16.2. The molecule has 0 bridgehead atoms. The van der Waals surface area contributed by atoms with Crippen molar-refractivity contribution in [2.75, 3.05) is 18.9 Å². The minimum atomic E-state index is -0.294. The molecule has 0 aliphatic rings. The second kappa shape index (κ2) is 7.77. The zero-order valence-corrected chi connectivity index (χ0v) is 15.4. The largest absolute Gasteiger partial charge is 0.332 e. The molecule has 0 saturated carbocycles. The number of para-hydroxylation sites is 1. The molecule has 1 N–H and O–H groups in total. The molecule has 0 atom stereocenters. The lowest BCUT2D eigenvalue weighted by atomic mass is 10.1. The van der Waals surface area contributed by atoms with E-state index in [-0.39, 0.29) is 18.4 Å². The Morgan fingerprint density at radius 3 is 2.63 bits per heavy atom. The molecule has 1 heterocycles. The molecular formula is C19H20N6O2. The molecule has 2 amide bonds. The number of hydrogen-bond donors (Lipinski definition) is 1. The van der Waals surface area contributed by atoms with E-state index in [1.165, 1.54) is 15.9 Å². The van der Waals surface area contributed by atoms with Crippen molar-refractivity contribution in [3.8, 4) is 5.69 Å². The monoisotopic (exact) mass is 364 g/mol. The van der Waals surface area contributed by atoms with Gasteiger partial charge in [0.05, 0.1) is 17.8 Å². The van der Waals surface area contributed by atoms with E-state index in [1.807, 2.05) is 32.0 Å². The third kappa shape index (κ3) is 4.00. The summed E-state index contributed by atoms with van der Waals surface area (Å²) < 4.78 is 1.41. The van der Waals surface area contributed by atoms with Crippen LogP contribution in [0.1, 0.15) is 21.5 Å². The number of carbonyl (C=O) groups excluding carboxylic acids is 2. The number of amides is 2. The number of anilines is 1. The molecule has 0 aliphatic carbocycles. The molecule has 1 aromatic heterocycles. The Kier molecular flexibility index (Phi) is 5.25. The average Bonchev–Trinajstić information content (AvgIpc) is 3.19. The predicted molar refractivity (Wildman–Crippen MR) is 101 cm³/mol. The fourth-order valence-corrected chi connectivity index (χ4v) is 2.70. The smallest absolute Gasteiger partial charge is 0.256 e. The molecule has 0 aliphatic heterocycles. The van der Waals surface area contributed by atoms with Crippen LogP contribution in [0.5, 0.6) is 0 Å². The van der Waals surface area contributed by atoms with Gasteiger partial charge in [0.25, 0.3) is 5.91 Å². The maximum absolute atomic E-state index is 12.8. The molecule has 0 saturated heterocycles. The Morgan fingerprint density at radius 1 is 1.11 bits per heavy atom. The third-order valence-electron chi connectivity index (χ3n) is 4.34. The summed E-state index contributed by atoms with van der Waals surface area (Å²) in [5, 5.41) is 13.9. The van der Waals surface area contributed by atoms with Crippen molar-refractivity contribution in [3.05, 3.63) is 65.5 Å². The van der Waals surface area contributed by atoms with Crippen molar-refractivity contribution < 1.29 is 9.59 Å². The van der Waals surface area contributed by atoms with Gasteiger partial charge in [-0.05, 0) is 53.6 Å². The van der Waals surface area contributed by atoms with Gasteiger partial charge >= 0.3 is 0 Å². The third-order valence-corrected chi connectivity index (χ3v) is 4.34. The van der Waals surface area contributed by atoms with Gasteiger partial charge in [-0.15, -0.1) is 5.10 Å². The van der Waals surface area contributed by atoms with E-state index in [2.05, 4.69) is 20.8 Å². The van der Waals surface area contributed by atoms with Crippen LogP contribution in [0.15, 0.2) is 48.8 Å². The number of benzene rings is 2. The highest BCUT2D eigenvalue weighted by Gasteiger charge is 2.19. The molecule has 3 rings (SSSR count). The van der Waals surface area contributed by atoms with Crippen LogP contribution in [0, 0.1) is 13.8 Å². The van der Waals surface area contributed by atoms with Gasteiger partial charge in [0.2, 0.25) is 5.91 Å². The summed E-state index contributed by atoms with van der Waals surface area (Å²) in [5.74, 6) is -0.559. The molecule has 8 heteroatoms. The van der Waals surface area contributed by atoms with Gasteiger partial charge in [-0.1, -0.05) is 24.3 Å². The molecule has 8 nitrogen and oxygen atoms in total. The Bertz CT molecular complexity index is 968. The van der Waals surface area contributed by atoms with Crippen LogP contribution in [0.4, 0.5) is 5.69 Å². The lowest BCUT2D eigenvalue weighted by Crippen LogP contribution is -2.35. The zero-order valence-electron chi connectivity index (χ0n) is 15.4. The van der Waals surface area contributed by atoms with Gasteiger partial charge < -0.3 is 10.2 Å².